The fourth-order valence-corrected chi connectivity index (χ4v) is 0.427. The molecule has 0 aromatic rings. The van der Waals surface area contributed by atoms with Crippen LogP contribution < -0.4 is 0 Å². The molecular formula is C2H4NO2P. The Balaban J connectivity index is 2.00. The molecular weight excluding hydrogens is 101 g/mol. The highest BCUT2D eigenvalue weighted by atomic mass is 31.1. The first-order valence-electron chi connectivity index (χ1n) is 1.68. The highest BCUT2D eigenvalue weighted by molar-refractivity contribution is 7.17. The smallest absolute Gasteiger partial charge is 0.239 e. The number of hydroxylamine groups is 2. The Kier molecular flexibility index (Phi) is 1.15. The van der Waals surface area contributed by atoms with Gasteiger partial charge in [-0.3, -0.25) is 0 Å². The molecule has 1 rings (SSSR count). The van der Waals surface area contributed by atoms with E-state index in [4.69, 9.17) is 0 Å². The zero-order valence-corrected chi connectivity index (χ0v) is 4.02. The Bertz CT molecular complexity index is 62.6. The molecule has 0 N–H and O–H groups in total. The van der Waals surface area contributed by atoms with Gasteiger partial charge in [0.05, 0.1) is 0 Å². The van der Waals surface area contributed by atoms with Crippen molar-refractivity contribution in [3.8, 4) is 0 Å². The summed E-state index contributed by atoms with van der Waals surface area (Å²) in [5, 5.41) is 1.61. The molecule has 0 atom stereocenters. The molecule has 1 fully saturated rings. The molecule has 0 spiro atoms. The lowest BCUT2D eigenvalue weighted by Gasteiger charge is -1.81. The third-order valence-corrected chi connectivity index (χ3v) is 0.853. The third-order valence-electron chi connectivity index (χ3n) is 0.555. The van der Waals surface area contributed by atoms with Crippen LogP contribution in [0.25, 0.3) is 0 Å². The van der Waals surface area contributed by atoms with E-state index in [9.17, 15) is 4.57 Å². The highest BCUT2D eigenvalue weighted by Gasteiger charge is 2.17. The number of hydrogen-bond donors (Lipinski definition) is 0. The molecule has 34 valence electrons. The maximum Gasteiger partial charge on any atom is 0.346 e. The van der Waals surface area contributed by atoms with Crippen LogP contribution in [0, 0.1) is 0 Å². The van der Waals surface area contributed by atoms with E-state index < -0.39 is 0 Å². The van der Waals surface area contributed by atoms with Crippen molar-refractivity contribution in [2.75, 3.05) is 13.1 Å². The van der Waals surface area contributed by atoms with Crippen molar-refractivity contribution in [1.29, 1.82) is 0 Å². The average Bonchev–Trinajstić information content (AvgIpc) is 2.21. The van der Waals surface area contributed by atoms with Crippen LogP contribution in [0.2, 0.25) is 0 Å². The summed E-state index contributed by atoms with van der Waals surface area (Å²) in [7, 11) is -0.238. The van der Waals surface area contributed by atoms with Crippen LogP contribution in [0.4, 0.5) is 0 Å². The lowest BCUT2D eigenvalue weighted by Crippen LogP contribution is -1.83. The molecule has 1 saturated heterocycles. The molecule has 0 saturated carbocycles. The standard InChI is InChI=1S/C2H4NO2P/c4-6-5-3-1-2-3/h1-2H2. The molecule has 0 aromatic heterocycles. The minimum Gasteiger partial charge on any atom is -0.239 e. The first-order chi connectivity index (χ1) is 2.93. The Morgan fingerprint density at radius 2 is 2.33 bits per heavy atom. The molecule has 0 unspecified atom stereocenters. The van der Waals surface area contributed by atoms with Gasteiger partial charge in [-0.1, -0.05) is 0 Å². The summed E-state index contributed by atoms with van der Waals surface area (Å²) in [6.07, 6.45) is 0. The van der Waals surface area contributed by atoms with Gasteiger partial charge in [0, 0.05) is 13.1 Å². The monoisotopic (exact) mass is 105 g/mol. The zero-order valence-electron chi connectivity index (χ0n) is 3.13. The SMILES string of the molecule is O=PON1CC1. The Morgan fingerprint density at radius 1 is 1.67 bits per heavy atom. The van der Waals surface area contributed by atoms with E-state index in [-0.39, 0.29) is 8.69 Å². The third kappa shape index (κ3) is 1.01. The zero-order chi connectivity index (χ0) is 4.41. The summed E-state index contributed by atoms with van der Waals surface area (Å²) in [6.45, 7) is 1.85. The van der Waals surface area contributed by atoms with Gasteiger partial charge in [-0.05, 0) is 0 Å². The second-order valence-electron chi connectivity index (χ2n) is 1.09. The summed E-state index contributed by atoms with van der Waals surface area (Å²) in [6, 6.07) is 0. The summed E-state index contributed by atoms with van der Waals surface area (Å²) >= 11 is 0. The predicted molar refractivity (Wildman–Crippen MR) is 20.3 cm³/mol. The van der Waals surface area contributed by atoms with E-state index in [0.717, 1.165) is 13.1 Å². The molecule has 4 heteroatoms. The normalized spacial score (nSPS) is 22.0. The molecule has 1 aliphatic rings. The van der Waals surface area contributed by atoms with Crippen LogP contribution in [0.3, 0.4) is 0 Å². The van der Waals surface area contributed by atoms with Gasteiger partial charge < -0.3 is 0 Å². The van der Waals surface area contributed by atoms with Crippen LogP contribution in [0.1, 0.15) is 0 Å². The van der Waals surface area contributed by atoms with Crippen LogP contribution in [0.5, 0.6) is 0 Å². The van der Waals surface area contributed by atoms with Crippen molar-refractivity contribution < 1.29 is 9.19 Å². The molecule has 0 amide bonds. The quantitative estimate of drug-likeness (QED) is 0.377. The Labute approximate surface area is 37.1 Å². The number of hydrogen-bond acceptors (Lipinski definition) is 3. The molecule has 1 heterocycles. The first-order valence-corrected chi connectivity index (χ1v) is 2.41. The maximum atomic E-state index is 9.49. The minimum absolute atomic E-state index is 0.238. The minimum atomic E-state index is -0.238. The van der Waals surface area contributed by atoms with Crippen molar-refractivity contribution in [3.05, 3.63) is 0 Å². The van der Waals surface area contributed by atoms with Crippen LogP contribution in [-0.2, 0) is 9.19 Å². The van der Waals surface area contributed by atoms with Crippen LogP contribution >= 0.6 is 8.69 Å². The topological polar surface area (TPSA) is 29.3 Å². The van der Waals surface area contributed by atoms with Crippen molar-refractivity contribution in [2.24, 2.45) is 0 Å². The molecule has 6 heavy (non-hydrogen) atoms. The van der Waals surface area contributed by atoms with Gasteiger partial charge in [0.15, 0.2) is 0 Å². The maximum absolute atomic E-state index is 9.49. The van der Waals surface area contributed by atoms with Gasteiger partial charge in [-0.15, -0.1) is 0 Å². The summed E-state index contributed by atoms with van der Waals surface area (Å²) in [5.74, 6) is 0. The second kappa shape index (κ2) is 1.65. The predicted octanol–water partition coefficient (Wildman–Crippen LogP) is 0.440. The molecule has 0 aromatic carbocycles. The van der Waals surface area contributed by atoms with Crippen molar-refractivity contribution in [3.63, 3.8) is 0 Å². The van der Waals surface area contributed by atoms with Gasteiger partial charge in [-0.25, -0.2) is 9.19 Å². The van der Waals surface area contributed by atoms with E-state index in [0.29, 0.717) is 0 Å². The van der Waals surface area contributed by atoms with E-state index >= 15 is 0 Å². The number of nitrogens with zero attached hydrogens (tertiary/aromatic N) is 1. The van der Waals surface area contributed by atoms with Gasteiger partial charge >= 0.3 is 8.69 Å². The highest BCUT2D eigenvalue weighted by Crippen LogP contribution is 2.09. The number of rotatable bonds is 2. The van der Waals surface area contributed by atoms with Crippen molar-refractivity contribution in [1.82, 2.24) is 5.06 Å². The van der Waals surface area contributed by atoms with E-state index in [1.165, 1.54) is 0 Å². The van der Waals surface area contributed by atoms with Gasteiger partial charge in [0.2, 0.25) is 0 Å². The fourth-order valence-electron chi connectivity index (χ4n) is 0.170. The molecule has 0 aliphatic carbocycles. The Morgan fingerprint density at radius 3 is 2.50 bits per heavy atom. The Hall–Kier alpha value is 0.0200. The molecule has 1 aliphatic heterocycles. The van der Waals surface area contributed by atoms with E-state index in [1.807, 2.05) is 0 Å². The summed E-state index contributed by atoms with van der Waals surface area (Å²) in [4.78, 5) is 0. The van der Waals surface area contributed by atoms with Crippen LogP contribution in [-0.4, -0.2) is 18.2 Å². The summed E-state index contributed by atoms with van der Waals surface area (Å²) in [5.41, 5.74) is 0. The largest absolute Gasteiger partial charge is 0.346 e. The lowest BCUT2D eigenvalue weighted by atomic mass is 11.0. The lowest BCUT2D eigenvalue weighted by molar-refractivity contribution is 0.0890. The summed E-state index contributed by atoms with van der Waals surface area (Å²) < 4.78 is 13.9. The van der Waals surface area contributed by atoms with E-state index in [2.05, 4.69) is 4.62 Å². The van der Waals surface area contributed by atoms with E-state index in [1.54, 1.807) is 5.06 Å². The molecule has 0 bridgehead atoms. The van der Waals surface area contributed by atoms with Gasteiger partial charge in [0.1, 0.15) is 0 Å². The van der Waals surface area contributed by atoms with Crippen LogP contribution in [0.15, 0.2) is 0 Å². The van der Waals surface area contributed by atoms with Crippen molar-refractivity contribution >= 4 is 8.69 Å². The molecule has 3 nitrogen and oxygen atoms in total. The first kappa shape index (κ1) is 4.19. The van der Waals surface area contributed by atoms with Gasteiger partial charge in [-0.2, -0.15) is 5.06 Å². The van der Waals surface area contributed by atoms with Crippen molar-refractivity contribution in [2.45, 2.75) is 0 Å². The second-order valence-corrected chi connectivity index (χ2v) is 1.40. The fraction of sp³-hybridized carbons (Fsp3) is 1.00. The molecule has 0 radical (unpaired) electrons. The average molecular weight is 105 g/mol. The van der Waals surface area contributed by atoms with Gasteiger partial charge in [0.25, 0.3) is 0 Å².